The van der Waals surface area contributed by atoms with E-state index in [0.717, 1.165) is 0 Å². The van der Waals surface area contributed by atoms with Crippen molar-refractivity contribution in [1.82, 2.24) is 10.2 Å². The summed E-state index contributed by atoms with van der Waals surface area (Å²) in [5, 5.41) is 3.18. The summed E-state index contributed by atoms with van der Waals surface area (Å²) in [5.74, 6) is 5.75. The molecule has 19 heavy (non-hydrogen) atoms. The number of ether oxygens (including phenoxy) is 1. The lowest BCUT2D eigenvalue weighted by molar-refractivity contribution is 0.00672. The number of amides is 1. The fourth-order valence-corrected chi connectivity index (χ4v) is 1.45. The second-order valence-electron chi connectivity index (χ2n) is 6.41. The molecule has 0 spiro atoms. The van der Waals surface area contributed by atoms with Gasteiger partial charge in [0.1, 0.15) is 5.60 Å². The summed E-state index contributed by atoms with van der Waals surface area (Å²) < 4.78 is 5.44. The minimum absolute atomic E-state index is 0.263. The average molecular weight is 268 g/mol. The SMILES string of the molecule is CC#CCNCCN(C(=O)OC(C)(C)C)C(C)(C)C. The fraction of sp³-hybridized carbons (Fsp3) is 0.800. The second-order valence-corrected chi connectivity index (χ2v) is 6.41. The topological polar surface area (TPSA) is 41.6 Å². The molecule has 0 aliphatic heterocycles. The molecule has 0 bridgehead atoms. The van der Waals surface area contributed by atoms with Gasteiger partial charge in [0.25, 0.3) is 0 Å². The summed E-state index contributed by atoms with van der Waals surface area (Å²) >= 11 is 0. The molecule has 110 valence electrons. The van der Waals surface area contributed by atoms with Crippen LogP contribution in [-0.2, 0) is 4.74 Å². The average Bonchev–Trinajstić information content (AvgIpc) is 2.18. The molecule has 4 heteroatoms. The highest BCUT2D eigenvalue weighted by Gasteiger charge is 2.29. The van der Waals surface area contributed by atoms with E-state index in [-0.39, 0.29) is 11.6 Å². The van der Waals surface area contributed by atoms with E-state index in [1.807, 2.05) is 48.5 Å². The van der Waals surface area contributed by atoms with E-state index < -0.39 is 5.60 Å². The van der Waals surface area contributed by atoms with Crippen LogP contribution in [0.4, 0.5) is 4.79 Å². The smallest absolute Gasteiger partial charge is 0.410 e. The Kier molecular flexibility index (Phi) is 6.93. The van der Waals surface area contributed by atoms with Crippen LogP contribution in [0.5, 0.6) is 0 Å². The van der Waals surface area contributed by atoms with Gasteiger partial charge in [-0.25, -0.2) is 4.79 Å². The van der Waals surface area contributed by atoms with Crippen molar-refractivity contribution in [2.45, 2.75) is 59.6 Å². The van der Waals surface area contributed by atoms with E-state index in [1.54, 1.807) is 4.90 Å². The molecule has 0 aliphatic rings. The van der Waals surface area contributed by atoms with Crippen molar-refractivity contribution < 1.29 is 9.53 Å². The van der Waals surface area contributed by atoms with Gasteiger partial charge in [-0.3, -0.25) is 0 Å². The highest BCUT2D eigenvalue weighted by Crippen LogP contribution is 2.17. The van der Waals surface area contributed by atoms with Crippen LogP contribution in [0.1, 0.15) is 48.5 Å². The van der Waals surface area contributed by atoms with Crippen LogP contribution in [0.25, 0.3) is 0 Å². The van der Waals surface area contributed by atoms with E-state index in [2.05, 4.69) is 17.2 Å². The first-order chi connectivity index (χ1) is 8.58. The lowest BCUT2D eigenvalue weighted by atomic mass is 10.1. The van der Waals surface area contributed by atoms with E-state index in [1.165, 1.54) is 0 Å². The fourth-order valence-electron chi connectivity index (χ4n) is 1.45. The van der Waals surface area contributed by atoms with Crippen molar-refractivity contribution in [2.24, 2.45) is 0 Å². The largest absolute Gasteiger partial charge is 0.444 e. The van der Waals surface area contributed by atoms with Crippen molar-refractivity contribution in [3.63, 3.8) is 0 Å². The molecule has 0 radical (unpaired) electrons. The second kappa shape index (κ2) is 7.40. The molecular weight excluding hydrogens is 240 g/mol. The molecule has 0 aromatic rings. The molecule has 0 fully saturated rings. The van der Waals surface area contributed by atoms with Gasteiger partial charge in [0.05, 0.1) is 6.54 Å². The molecular formula is C15H28N2O2. The van der Waals surface area contributed by atoms with Gasteiger partial charge in [-0.05, 0) is 48.5 Å². The van der Waals surface area contributed by atoms with Gasteiger partial charge in [0.2, 0.25) is 0 Å². The number of nitrogens with zero attached hydrogens (tertiary/aromatic N) is 1. The van der Waals surface area contributed by atoms with Crippen LogP contribution >= 0.6 is 0 Å². The molecule has 0 rings (SSSR count). The summed E-state index contributed by atoms with van der Waals surface area (Å²) in [6.45, 7) is 15.4. The van der Waals surface area contributed by atoms with Crippen LogP contribution in [-0.4, -0.2) is 41.8 Å². The van der Waals surface area contributed by atoms with Gasteiger partial charge in [-0.1, -0.05) is 5.92 Å². The predicted octanol–water partition coefficient (Wildman–Crippen LogP) is 2.63. The van der Waals surface area contributed by atoms with E-state index in [0.29, 0.717) is 19.6 Å². The summed E-state index contributed by atoms with van der Waals surface area (Å²) in [5.41, 5.74) is -0.734. The summed E-state index contributed by atoms with van der Waals surface area (Å²) in [6, 6.07) is 0. The van der Waals surface area contributed by atoms with E-state index in [4.69, 9.17) is 4.74 Å². The Morgan fingerprint density at radius 1 is 1.21 bits per heavy atom. The molecule has 0 unspecified atom stereocenters. The first kappa shape index (κ1) is 17.8. The Morgan fingerprint density at radius 2 is 1.79 bits per heavy atom. The monoisotopic (exact) mass is 268 g/mol. The normalized spacial score (nSPS) is 11.5. The van der Waals surface area contributed by atoms with Crippen molar-refractivity contribution in [2.75, 3.05) is 19.6 Å². The third kappa shape index (κ3) is 8.50. The third-order valence-electron chi connectivity index (χ3n) is 2.33. The first-order valence-electron chi connectivity index (χ1n) is 6.69. The molecule has 1 N–H and O–H groups in total. The van der Waals surface area contributed by atoms with Crippen molar-refractivity contribution >= 4 is 6.09 Å². The Morgan fingerprint density at radius 3 is 2.21 bits per heavy atom. The summed E-state index contributed by atoms with van der Waals surface area (Å²) in [4.78, 5) is 13.9. The quantitative estimate of drug-likeness (QED) is 0.629. The number of nitrogens with one attached hydrogen (secondary N) is 1. The van der Waals surface area contributed by atoms with E-state index in [9.17, 15) is 4.79 Å². The molecule has 0 saturated heterocycles. The van der Waals surface area contributed by atoms with Crippen LogP contribution in [0, 0.1) is 11.8 Å². The van der Waals surface area contributed by atoms with Crippen molar-refractivity contribution in [3.05, 3.63) is 0 Å². The number of carbonyl (C=O) groups is 1. The zero-order valence-corrected chi connectivity index (χ0v) is 13.4. The maximum Gasteiger partial charge on any atom is 0.410 e. The maximum absolute atomic E-state index is 12.2. The van der Waals surface area contributed by atoms with Crippen LogP contribution in [0.2, 0.25) is 0 Å². The Bertz CT molecular complexity index is 340. The lowest BCUT2D eigenvalue weighted by Gasteiger charge is -2.36. The molecule has 0 heterocycles. The molecule has 0 saturated carbocycles. The number of carbonyl (C=O) groups excluding carboxylic acids is 1. The van der Waals surface area contributed by atoms with Crippen molar-refractivity contribution in [1.29, 1.82) is 0 Å². The van der Waals surface area contributed by atoms with Crippen LogP contribution < -0.4 is 5.32 Å². The van der Waals surface area contributed by atoms with Crippen LogP contribution in [0.3, 0.4) is 0 Å². The Hall–Kier alpha value is -1.21. The van der Waals surface area contributed by atoms with Crippen LogP contribution in [0.15, 0.2) is 0 Å². The zero-order chi connectivity index (χ0) is 15.1. The highest BCUT2D eigenvalue weighted by atomic mass is 16.6. The van der Waals surface area contributed by atoms with Crippen molar-refractivity contribution in [3.8, 4) is 11.8 Å². The van der Waals surface area contributed by atoms with Gasteiger partial charge < -0.3 is 15.0 Å². The van der Waals surface area contributed by atoms with Gasteiger partial charge in [-0.2, -0.15) is 0 Å². The Balaban J connectivity index is 4.47. The molecule has 4 nitrogen and oxygen atoms in total. The number of hydrogen-bond donors (Lipinski definition) is 1. The number of hydrogen-bond acceptors (Lipinski definition) is 3. The van der Waals surface area contributed by atoms with E-state index >= 15 is 0 Å². The molecule has 0 aromatic heterocycles. The first-order valence-corrected chi connectivity index (χ1v) is 6.69. The standard InChI is InChI=1S/C15H28N2O2/c1-8-9-10-16-11-12-17(14(2,3)4)13(18)19-15(5,6)7/h16H,10-12H2,1-7H3. The molecule has 0 atom stereocenters. The zero-order valence-electron chi connectivity index (χ0n) is 13.4. The minimum atomic E-state index is -0.471. The number of rotatable bonds is 4. The highest BCUT2D eigenvalue weighted by molar-refractivity contribution is 5.69. The van der Waals surface area contributed by atoms with Gasteiger partial charge in [0.15, 0.2) is 0 Å². The Labute approximate surface area is 117 Å². The lowest BCUT2D eigenvalue weighted by Crippen LogP contribution is -2.50. The summed E-state index contributed by atoms with van der Waals surface area (Å²) in [6.07, 6.45) is -0.275. The minimum Gasteiger partial charge on any atom is -0.444 e. The predicted molar refractivity (Wildman–Crippen MR) is 79.0 cm³/mol. The molecule has 0 aromatic carbocycles. The maximum atomic E-state index is 12.2. The van der Waals surface area contributed by atoms with Gasteiger partial charge in [0, 0.05) is 18.6 Å². The summed E-state index contributed by atoms with van der Waals surface area (Å²) in [7, 11) is 0. The van der Waals surface area contributed by atoms with Gasteiger partial charge >= 0.3 is 6.09 Å². The third-order valence-corrected chi connectivity index (χ3v) is 2.33. The molecule has 1 amide bonds. The van der Waals surface area contributed by atoms with Gasteiger partial charge in [-0.15, -0.1) is 5.92 Å². The molecule has 0 aliphatic carbocycles.